The van der Waals surface area contributed by atoms with Crippen LogP contribution in [0.1, 0.15) is 36.9 Å². The minimum absolute atomic E-state index is 0.108. The third-order valence-electron chi connectivity index (χ3n) is 6.65. The van der Waals surface area contributed by atoms with Gasteiger partial charge in [-0.3, -0.25) is 14.4 Å². The molecule has 0 spiro atoms. The van der Waals surface area contributed by atoms with Crippen molar-refractivity contribution in [2.45, 2.75) is 25.8 Å². The number of nitrogens with two attached hydrogens (primary N) is 1. The molecule has 3 aromatic rings. The number of nitrogen functional groups attached to an aromatic ring is 1. The summed E-state index contributed by atoms with van der Waals surface area (Å²) in [5.41, 5.74) is 7.63. The quantitative estimate of drug-likeness (QED) is 0.257. The number of nitrogens with zero attached hydrogens (tertiary/aromatic N) is 1. The molecule has 1 aliphatic rings. The van der Waals surface area contributed by atoms with E-state index in [1.807, 2.05) is 24.4 Å². The second-order valence-electron chi connectivity index (χ2n) is 9.25. The zero-order chi connectivity index (χ0) is 26.7. The number of rotatable bonds is 7. The molecule has 37 heavy (non-hydrogen) atoms. The Bertz CT molecular complexity index is 1360. The predicted octanol–water partition coefficient (Wildman–Crippen LogP) is 5.62. The molecule has 3 atom stereocenters. The van der Waals surface area contributed by atoms with Crippen LogP contribution in [0.2, 0.25) is 10.0 Å². The predicted molar refractivity (Wildman–Crippen MR) is 149 cm³/mol. The van der Waals surface area contributed by atoms with Crippen LogP contribution in [-0.2, 0) is 14.4 Å². The molecule has 7 nitrogen and oxygen atoms in total. The fourth-order valence-corrected chi connectivity index (χ4v) is 6.06. The van der Waals surface area contributed by atoms with Crippen LogP contribution in [0, 0.1) is 11.8 Å². The number of piperidine rings is 1. The first kappa shape index (κ1) is 27.0. The number of aliphatic carboxylic acids is 1. The summed E-state index contributed by atoms with van der Waals surface area (Å²) in [4.78, 5) is 39.1. The number of halogens is 2. The average molecular weight is 561 g/mol. The van der Waals surface area contributed by atoms with E-state index in [9.17, 15) is 19.5 Å². The number of fused-ring (bicyclic) bond motifs is 1. The number of carbonyl (C=O) groups is 3. The Kier molecular flexibility index (Phi) is 8.42. The van der Waals surface area contributed by atoms with Gasteiger partial charge >= 0.3 is 5.97 Å². The van der Waals surface area contributed by atoms with Crippen LogP contribution in [0.5, 0.6) is 0 Å². The third kappa shape index (κ3) is 6.26. The molecular weight excluding hydrogens is 533 g/mol. The SMILES string of the molecule is CC1CN(C(=O)/C=C/c2cc3ccsc3c(Cl)c2Cl)CCC1C(=O)NC(CC(=O)O)c1ccc(N)cc1. The minimum Gasteiger partial charge on any atom is -0.481 e. The maximum Gasteiger partial charge on any atom is 0.305 e. The minimum atomic E-state index is -1.01. The molecule has 1 fully saturated rings. The van der Waals surface area contributed by atoms with Gasteiger partial charge in [-0.15, -0.1) is 11.3 Å². The molecule has 3 unspecified atom stereocenters. The Morgan fingerprint density at radius 3 is 2.62 bits per heavy atom. The van der Waals surface area contributed by atoms with E-state index < -0.39 is 12.0 Å². The van der Waals surface area contributed by atoms with Crippen LogP contribution in [0.4, 0.5) is 5.69 Å². The van der Waals surface area contributed by atoms with Crippen molar-refractivity contribution in [3.8, 4) is 0 Å². The van der Waals surface area contributed by atoms with Gasteiger partial charge in [-0.1, -0.05) is 42.3 Å². The third-order valence-corrected chi connectivity index (χ3v) is 8.59. The summed E-state index contributed by atoms with van der Waals surface area (Å²) in [5, 5.41) is 16.0. The Morgan fingerprint density at radius 1 is 1.22 bits per heavy atom. The fourth-order valence-electron chi connectivity index (χ4n) is 4.63. The molecule has 1 aliphatic heterocycles. The summed E-state index contributed by atoms with van der Waals surface area (Å²) < 4.78 is 0.909. The maximum absolute atomic E-state index is 13.1. The Morgan fingerprint density at radius 2 is 1.95 bits per heavy atom. The molecule has 10 heteroatoms. The van der Waals surface area contributed by atoms with Gasteiger partial charge in [0.25, 0.3) is 0 Å². The van der Waals surface area contributed by atoms with Crippen molar-refractivity contribution in [3.05, 3.63) is 69.0 Å². The molecule has 1 saturated heterocycles. The molecule has 2 heterocycles. The maximum atomic E-state index is 13.1. The summed E-state index contributed by atoms with van der Waals surface area (Å²) >= 11 is 14.3. The zero-order valence-electron chi connectivity index (χ0n) is 20.1. The molecular formula is C27H27Cl2N3O4S. The van der Waals surface area contributed by atoms with E-state index in [-0.39, 0.29) is 30.1 Å². The van der Waals surface area contributed by atoms with Gasteiger partial charge in [-0.2, -0.15) is 0 Å². The number of benzene rings is 2. The van der Waals surface area contributed by atoms with Gasteiger partial charge in [0.2, 0.25) is 11.8 Å². The van der Waals surface area contributed by atoms with E-state index in [2.05, 4.69) is 5.32 Å². The smallest absolute Gasteiger partial charge is 0.305 e. The Hall–Kier alpha value is -3.07. The van der Waals surface area contributed by atoms with Crippen molar-refractivity contribution < 1.29 is 19.5 Å². The highest BCUT2D eigenvalue weighted by Crippen LogP contribution is 2.37. The van der Waals surface area contributed by atoms with Crippen LogP contribution >= 0.6 is 34.5 Å². The van der Waals surface area contributed by atoms with Crippen molar-refractivity contribution in [1.29, 1.82) is 0 Å². The van der Waals surface area contributed by atoms with Gasteiger partial charge in [0, 0.05) is 30.8 Å². The number of carbonyl (C=O) groups excluding carboxylic acids is 2. The Labute approximate surface area is 228 Å². The highest BCUT2D eigenvalue weighted by atomic mass is 35.5. The molecule has 4 N–H and O–H groups in total. The highest BCUT2D eigenvalue weighted by molar-refractivity contribution is 7.18. The van der Waals surface area contributed by atoms with Crippen LogP contribution in [0.3, 0.4) is 0 Å². The largest absolute Gasteiger partial charge is 0.481 e. The van der Waals surface area contributed by atoms with E-state index >= 15 is 0 Å². The first-order valence-electron chi connectivity index (χ1n) is 11.8. The summed E-state index contributed by atoms with van der Waals surface area (Å²) in [6.07, 6.45) is 3.38. The Balaban J connectivity index is 1.39. The van der Waals surface area contributed by atoms with Crippen LogP contribution in [0.15, 0.2) is 47.9 Å². The molecule has 1 aromatic heterocycles. The number of thiophene rings is 1. The van der Waals surface area contributed by atoms with E-state index in [0.717, 1.165) is 10.1 Å². The standard InChI is InChI=1S/C27H27Cl2N3O4S/c1-15-14-32(22(33)7-4-17-12-18-9-11-37-26(18)25(29)24(17)28)10-8-20(15)27(36)31-21(13-23(34)35)16-2-5-19(30)6-3-16/h2-7,9,11-12,15,20-21H,8,10,13-14,30H2,1H3,(H,31,36)(H,34,35)/b7-4+. The lowest BCUT2D eigenvalue weighted by Gasteiger charge is -2.36. The number of anilines is 1. The summed E-state index contributed by atoms with van der Waals surface area (Å²) in [6.45, 7) is 2.74. The van der Waals surface area contributed by atoms with Gasteiger partial charge in [0.1, 0.15) is 0 Å². The summed E-state index contributed by atoms with van der Waals surface area (Å²) in [6, 6.07) is 9.97. The lowest BCUT2D eigenvalue weighted by atomic mass is 9.85. The summed E-state index contributed by atoms with van der Waals surface area (Å²) in [5.74, 6) is -1.85. The second kappa shape index (κ2) is 11.5. The van der Waals surface area contributed by atoms with E-state index in [1.54, 1.807) is 35.2 Å². The second-order valence-corrected chi connectivity index (χ2v) is 10.9. The average Bonchev–Trinajstić information content (AvgIpc) is 3.33. The van der Waals surface area contributed by atoms with Crippen LogP contribution in [-0.4, -0.2) is 40.9 Å². The van der Waals surface area contributed by atoms with Gasteiger partial charge in [0.05, 0.1) is 27.2 Å². The molecule has 4 rings (SSSR count). The van der Waals surface area contributed by atoms with E-state index in [4.69, 9.17) is 28.9 Å². The number of amides is 2. The monoisotopic (exact) mass is 559 g/mol. The molecule has 0 saturated carbocycles. The van der Waals surface area contributed by atoms with Crippen molar-refractivity contribution >= 4 is 74.2 Å². The first-order valence-corrected chi connectivity index (χ1v) is 13.5. The molecule has 0 bridgehead atoms. The van der Waals surface area contributed by atoms with Crippen LogP contribution in [0.25, 0.3) is 16.2 Å². The highest BCUT2D eigenvalue weighted by Gasteiger charge is 2.34. The van der Waals surface area contributed by atoms with E-state index in [1.165, 1.54) is 17.4 Å². The molecule has 2 amide bonds. The lowest BCUT2D eigenvalue weighted by molar-refractivity contribution is -0.139. The topological polar surface area (TPSA) is 113 Å². The first-order chi connectivity index (χ1) is 17.6. The van der Waals surface area contributed by atoms with Crippen LogP contribution < -0.4 is 11.1 Å². The molecule has 194 valence electrons. The number of carboxylic acids is 1. The number of likely N-dealkylation sites (tertiary alicyclic amines) is 1. The zero-order valence-corrected chi connectivity index (χ0v) is 22.4. The van der Waals surface area contributed by atoms with Crippen molar-refractivity contribution in [2.24, 2.45) is 11.8 Å². The number of hydrogen-bond acceptors (Lipinski definition) is 5. The van der Waals surface area contributed by atoms with Crippen molar-refractivity contribution in [2.75, 3.05) is 18.8 Å². The summed E-state index contributed by atoms with van der Waals surface area (Å²) in [7, 11) is 0. The number of hydrogen-bond donors (Lipinski definition) is 3. The van der Waals surface area contributed by atoms with Crippen molar-refractivity contribution in [1.82, 2.24) is 10.2 Å². The van der Waals surface area contributed by atoms with Crippen molar-refractivity contribution in [3.63, 3.8) is 0 Å². The van der Waals surface area contributed by atoms with Gasteiger partial charge < -0.3 is 21.1 Å². The lowest BCUT2D eigenvalue weighted by Crippen LogP contribution is -2.47. The fraction of sp³-hybridized carbons (Fsp3) is 0.296. The molecule has 2 aromatic carbocycles. The molecule has 0 radical (unpaired) electrons. The van der Waals surface area contributed by atoms with Gasteiger partial charge in [0.15, 0.2) is 0 Å². The van der Waals surface area contributed by atoms with Gasteiger partial charge in [-0.05, 0) is 64.6 Å². The molecule has 0 aliphatic carbocycles. The van der Waals surface area contributed by atoms with E-state index in [0.29, 0.717) is 46.4 Å². The number of carboxylic acid groups (broad SMARTS) is 1. The number of nitrogens with one attached hydrogen (secondary N) is 1. The van der Waals surface area contributed by atoms with Gasteiger partial charge in [-0.25, -0.2) is 0 Å². The normalized spacial score (nSPS) is 18.7.